The van der Waals surface area contributed by atoms with Crippen LogP contribution in [-0.4, -0.2) is 0 Å². The minimum atomic E-state index is 0. The minimum Gasteiger partial charge on any atom is -1.00 e. The molecule has 0 unspecified atom stereocenters. The van der Waals surface area contributed by atoms with Crippen LogP contribution in [0.4, 0.5) is 5.69 Å². The van der Waals surface area contributed by atoms with Gasteiger partial charge in [0.05, 0.1) is 10.7 Å². The van der Waals surface area contributed by atoms with Gasteiger partial charge in [0.1, 0.15) is 0 Å². The van der Waals surface area contributed by atoms with Crippen molar-refractivity contribution in [2.75, 3.05) is 5.73 Å². The Morgan fingerprint density at radius 3 is 2.50 bits per heavy atom. The van der Waals surface area contributed by atoms with Crippen LogP contribution in [0, 0.1) is 3.57 Å². The average molecular weight is 261 g/mol. The van der Waals surface area contributed by atoms with Crippen molar-refractivity contribution in [3.8, 4) is 0 Å². The summed E-state index contributed by atoms with van der Waals surface area (Å²) in [6.45, 7) is 0. The van der Waals surface area contributed by atoms with E-state index in [1.807, 2.05) is 12.1 Å². The second-order valence-electron chi connectivity index (χ2n) is 1.67. The van der Waals surface area contributed by atoms with E-state index in [-0.39, 0.29) is 20.3 Å². The van der Waals surface area contributed by atoms with Gasteiger partial charge >= 0.3 is 18.9 Å². The Labute approximate surface area is 92.1 Å². The number of nitrogens with two attached hydrogens (primary N) is 1. The fraction of sp³-hybridized carbons (Fsp3) is 0. The summed E-state index contributed by atoms with van der Waals surface area (Å²) in [5, 5.41) is 0.627. The van der Waals surface area contributed by atoms with Crippen molar-refractivity contribution < 1.29 is 20.3 Å². The third kappa shape index (κ3) is 2.71. The molecule has 0 aliphatic rings. The molecule has 0 bridgehead atoms. The molecule has 0 amide bonds. The number of benzene rings is 1. The molecule has 1 aromatic carbocycles. The number of nitrogen functional groups attached to an aromatic ring is 1. The van der Waals surface area contributed by atoms with Crippen molar-refractivity contribution in [1.82, 2.24) is 0 Å². The number of anilines is 1. The molecular formula is C6H6ClILiN. The molecule has 10 heavy (non-hydrogen) atoms. The molecule has 0 aliphatic carbocycles. The van der Waals surface area contributed by atoms with E-state index >= 15 is 0 Å². The Bertz CT molecular complexity index is 234. The van der Waals surface area contributed by atoms with E-state index in [1.165, 1.54) is 0 Å². The van der Waals surface area contributed by atoms with E-state index < -0.39 is 0 Å². The van der Waals surface area contributed by atoms with Gasteiger partial charge in [-0.1, -0.05) is 11.6 Å². The standard InChI is InChI=1S/C6H5ClIN.Li.H/c7-5-3-4(8)1-2-6(5)9;;/h1-3H,9H2;;/q;+1;-1. The van der Waals surface area contributed by atoms with E-state index in [4.69, 9.17) is 17.3 Å². The monoisotopic (exact) mass is 261 g/mol. The predicted molar refractivity (Wildman–Crippen MR) is 49.7 cm³/mol. The first-order chi connectivity index (χ1) is 4.20. The quantitative estimate of drug-likeness (QED) is 0.385. The van der Waals surface area contributed by atoms with Crippen molar-refractivity contribution in [1.29, 1.82) is 0 Å². The third-order valence-electron chi connectivity index (χ3n) is 0.962. The van der Waals surface area contributed by atoms with Crippen LogP contribution in [0.5, 0.6) is 0 Å². The maximum Gasteiger partial charge on any atom is 1.00 e. The number of hydrogen-bond acceptors (Lipinski definition) is 1. The zero-order valence-corrected chi connectivity index (χ0v) is 8.48. The first-order valence-electron chi connectivity index (χ1n) is 2.40. The second-order valence-corrected chi connectivity index (χ2v) is 3.32. The van der Waals surface area contributed by atoms with Crippen LogP contribution in [0.3, 0.4) is 0 Å². The molecule has 0 radical (unpaired) electrons. The summed E-state index contributed by atoms with van der Waals surface area (Å²) in [6.07, 6.45) is 0. The Morgan fingerprint density at radius 2 is 2.10 bits per heavy atom. The van der Waals surface area contributed by atoms with E-state index in [0.717, 1.165) is 3.57 Å². The topological polar surface area (TPSA) is 26.0 Å². The molecular weight excluding hydrogens is 255 g/mol. The van der Waals surface area contributed by atoms with Crippen molar-refractivity contribution in [3.63, 3.8) is 0 Å². The zero-order chi connectivity index (χ0) is 6.85. The second kappa shape index (κ2) is 4.50. The fourth-order valence-corrected chi connectivity index (χ4v) is 1.36. The Morgan fingerprint density at radius 1 is 1.50 bits per heavy atom. The van der Waals surface area contributed by atoms with E-state index in [0.29, 0.717) is 10.7 Å². The van der Waals surface area contributed by atoms with Crippen molar-refractivity contribution in [2.45, 2.75) is 0 Å². The predicted octanol–water partition coefficient (Wildman–Crippen LogP) is -0.357. The normalized spacial score (nSPS) is 8.60. The Kier molecular flexibility index (Phi) is 4.79. The van der Waals surface area contributed by atoms with Gasteiger partial charge in [0, 0.05) is 3.57 Å². The third-order valence-corrected chi connectivity index (χ3v) is 1.96. The Hall–Kier alpha value is 0.637. The molecule has 0 aromatic heterocycles. The number of rotatable bonds is 0. The van der Waals surface area contributed by atoms with Gasteiger partial charge in [-0.15, -0.1) is 0 Å². The van der Waals surface area contributed by atoms with Crippen molar-refractivity contribution in [3.05, 3.63) is 26.8 Å². The molecule has 1 nitrogen and oxygen atoms in total. The molecule has 1 aromatic rings. The van der Waals surface area contributed by atoms with Crippen LogP contribution >= 0.6 is 34.2 Å². The summed E-state index contributed by atoms with van der Waals surface area (Å²) in [4.78, 5) is 0. The zero-order valence-electron chi connectivity index (χ0n) is 6.57. The molecule has 0 heterocycles. The van der Waals surface area contributed by atoms with Gasteiger partial charge in [0.25, 0.3) is 0 Å². The van der Waals surface area contributed by atoms with Gasteiger partial charge in [-0.25, -0.2) is 0 Å². The molecule has 2 N–H and O–H groups in total. The van der Waals surface area contributed by atoms with E-state index in [9.17, 15) is 0 Å². The van der Waals surface area contributed by atoms with Crippen LogP contribution in [0.2, 0.25) is 5.02 Å². The van der Waals surface area contributed by atoms with E-state index in [2.05, 4.69) is 22.6 Å². The van der Waals surface area contributed by atoms with Crippen LogP contribution < -0.4 is 24.6 Å². The molecule has 50 valence electrons. The molecule has 0 saturated heterocycles. The first-order valence-corrected chi connectivity index (χ1v) is 3.86. The SMILES string of the molecule is Nc1ccc(I)cc1Cl.[H-].[Li+]. The maximum atomic E-state index is 5.68. The van der Waals surface area contributed by atoms with Gasteiger partial charge in [0.15, 0.2) is 0 Å². The van der Waals surface area contributed by atoms with Crippen LogP contribution in [0.1, 0.15) is 1.43 Å². The molecule has 0 spiro atoms. The smallest absolute Gasteiger partial charge is 1.00 e. The van der Waals surface area contributed by atoms with Gasteiger partial charge in [-0.3, -0.25) is 0 Å². The van der Waals surface area contributed by atoms with Crippen LogP contribution in [0.25, 0.3) is 0 Å². The summed E-state index contributed by atoms with van der Waals surface area (Å²) in [6, 6.07) is 5.54. The summed E-state index contributed by atoms with van der Waals surface area (Å²) in [5.41, 5.74) is 6.09. The van der Waals surface area contributed by atoms with Crippen molar-refractivity contribution >= 4 is 39.9 Å². The molecule has 0 atom stereocenters. The molecule has 0 fully saturated rings. The van der Waals surface area contributed by atoms with Gasteiger partial charge in [0.2, 0.25) is 0 Å². The van der Waals surface area contributed by atoms with Gasteiger partial charge in [-0.05, 0) is 40.8 Å². The summed E-state index contributed by atoms with van der Waals surface area (Å²) in [5.74, 6) is 0. The largest absolute Gasteiger partial charge is 1.00 e. The summed E-state index contributed by atoms with van der Waals surface area (Å²) < 4.78 is 1.10. The summed E-state index contributed by atoms with van der Waals surface area (Å²) >= 11 is 7.87. The van der Waals surface area contributed by atoms with Gasteiger partial charge in [-0.2, -0.15) is 0 Å². The van der Waals surface area contributed by atoms with Crippen LogP contribution in [0.15, 0.2) is 18.2 Å². The Balaban J connectivity index is 0. The van der Waals surface area contributed by atoms with Crippen molar-refractivity contribution in [2.24, 2.45) is 0 Å². The molecule has 4 heteroatoms. The number of hydrogen-bond donors (Lipinski definition) is 1. The van der Waals surface area contributed by atoms with Gasteiger partial charge < -0.3 is 7.16 Å². The first kappa shape index (κ1) is 10.6. The minimum absolute atomic E-state index is 0. The average Bonchev–Trinajstić information content (AvgIpc) is 1.80. The molecule has 1 rings (SSSR count). The van der Waals surface area contributed by atoms with E-state index in [1.54, 1.807) is 6.07 Å². The van der Waals surface area contributed by atoms with Crippen LogP contribution in [-0.2, 0) is 0 Å². The number of halogens is 2. The summed E-state index contributed by atoms with van der Waals surface area (Å²) in [7, 11) is 0. The molecule has 0 saturated carbocycles. The molecule has 0 aliphatic heterocycles. The fourth-order valence-electron chi connectivity index (χ4n) is 0.502. The maximum absolute atomic E-state index is 5.68.